The minimum absolute atomic E-state index is 0.162. The number of H-pyrrole nitrogens is 1. The third-order valence-corrected chi connectivity index (χ3v) is 3.26. The molecule has 2 heterocycles. The number of amides is 1. The number of nitrogens with zero attached hydrogens (tertiary/aromatic N) is 1. The van der Waals surface area contributed by atoms with Crippen LogP contribution in [-0.2, 0) is 17.8 Å². The summed E-state index contributed by atoms with van der Waals surface area (Å²) in [6.07, 6.45) is 1.97. The van der Waals surface area contributed by atoms with E-state index in [1.807, 2.05) is 0 Å². The normalized spacial score (nSPS) is 17.6. The zero-order valence-corrected chi connectivity index (χ0v) is 10.4. The zero-order chi connectivity index (χ0) is 14.1. The highest BCUT2D eigenvalue weighted by Gasteiger charge is 2.26. The second kappa shape index (κ2) is 5.01. The van der Waals surface area contributed by atoms with E-state index in [1.54, 1.807) is 6.33 Å². The Hall–Kier alpha value is -2.28. The van der Waals surface area contributed by atoms with Crippen molar-refractivity contribution in [1.82, 2.24) is 15.3 Å². The van der Waals surface area contributed by atoms with Crippen molar-refractivity contribution in [2.75, 3.05) is 5.32 Å². The Morgan fingerprint density at radius 3 is 3.10 bits per heavy atom. The molecule has 104 valence electrons. The summed E-state index contributed by atoms with van der Waals surface area (Å²) >= 11 is 0. The number of benzene rings is 1. The summed E-state index contributed by atoms with van der Waals surface area (Å²) in [4.78, 5) is 19.1. The van der Waals surface area contributed by atoms with Gasteiger partial charge in [0.2, 0.25) is 5.91 Å². The van der Waals surface area contributed by atoms with Crippen LogP contribution in [0.5, 0.6) is 0 Å². The van der Waals surface area contributed by atoms with Crippen LogP contribution in [0.1, 0.15) is 11.4 Å². The van der Waals surface area contributed by atoms with Gasteiger partial charge in [-0.1, -0.05) is 6.07 Å². The molecular weight excluding hydrogens is 266 g/mol. The van der Waals surface area contributed by atoms with E-state index in [4.69, 9.17) is 0 Å². The second-order valence-corrected chi connectivity index (χ2v) is 4.56. The Bertz CT molecular complexity index is 656. The molecule has 3 rings (SSSR count). The lowest BCUT2D eigenvalue weighted by atomic mass is 10.0. The molecule has 1 amide bonds. The number of aromatic nitrogens is 2. The fourth-order valence-electron chi connectivity index (χ4n) is 2.17. The Kier molecular flexibility index (Phi) is 3.19. The minimum atomic E-state index is -1.06. The summed E-state index contributed by atoms with van der Waals surface area (Å²) in [5, 5.41) is 5.41. The predicted molar refractivity (Wildman–Crippen MR) is 67.9 cm³/mol. The molecule has 1 atom stereocenters. The topological polar surface area (TPSA) is 69.8 Å². The maximum atomic E-state index is 13.5. The third-order valence-electron chi connectivity index (χ3n) is 3.26. The van der Waals surface area contributed by atoms with Gasteiger partial charge in [-0.15, -0.1) is 0 Å². The molecule has 0 saturated carbocycles. The van der Waals surface area contributed by atoms with E-state index in [-0.39, 0.29) is 5.69 Å². The maximum Gasteiger partial charge on any atom is 0.242 e. The molecule has 1 aliphatic rings. The lowest BCUT2D eigenvalue weighted by molar-refractivity contribution is -0.118. The number of nitrogens with one attached hydrogen (secondary N) is 3. The van der Waals surface area contributed by atoms with E-state index in [0.29, 0.717) is 13.0 Å². The van der Waals surface area contributed by atoms with Gasteiger partial charge in [0.25, 0.3) is 0 Å². The fraction of sp³-hybridized carbons (Fsp3) is 0.231. The standard InChI is InChI=1S/C13H12F2N4O/c14-7-2-1-3-8(12(7)15)19-13(20)10-4-9-11(5-16-10)18-6-17-9/h1-3,6,10,16H,4-5H2,(H,17,18)(H,19,20). The summed E-state index contributed by atoms with van der Waals surface area (Å²) in [5.74, 6) is -2.46. The summed E-state index contributed by atoms with van der Waals surface area (Å²) in [5.41, 5.74) is 1.58. The van der Waals surface area contributed by atoms with Crippen LogP contribution in [0.4, 0.5) is 14.5 Å². The number of halogens is 2. The number of carbonyl (C=O) groups excluding carboxylic acids is 1. The van der Waals surface area contributed by atoms with Crippen molar-refractivity contribution in [2.45, 2.75) is 19.0 Å². The van der Waals surface area contributed by atoms with Gasteiger partial charge in [-0.25, -0.2) is 13.8 Å². The number of aromatic amines is 1. The third kappa shape index (κ3) is 2.27. The molecular formula is C13H12F2N4O. The Morgan fingerprint density at radius 2 is 2.25 bits per heavy atom. The first-order valence-electron chi connectivity index (χ1n) is 6.14. The fourth-order valence-corrected chi connectivity index (χ4v) is 2.17. The van der Waals surface area contributed by atoms with Gasteiger partial charge < -0.3 is 10.3 Å². The molecule has 1 aromatic carbocycles. The van der Waals surface area contributed by atoms with Crippen molar-refractivity contribution in [3.05, 3.63) is 47.5 Å². The molecule has 3 N–H and O–H groups in total. The number of fused-ring (bicyclic) bond motifs is 1. The van der Waals surface area contributed by atoms with E-state index in [0.717, 1.165) is 17.5 Å². The molecule has 0 radical (unpaired) electrons. The Labute approximate surface area is 113 Å². The average molecular weight is 278 g/mol. The van der Waals surface area contributed by atoms with E-state index in [2.05, 4.69) is 20.6 Å². The Morgan fingerprint density at radius 1 is 1.40 bits per heavy atom. The summed E-state index contributed by atoms with van der Waals surface area (Å²) in [6.45, 7) is 0.485. The van der Waals surface area contributed by atoms with Crippen molar-refractivity contribution in [3.8, 4) is 0 Å². The summed E-state index contributed by atoms with van der Waals surface area (Å²) < 4.78 is 26.6. The Balaban J connectivity index is 1.73. The first-order chi connectivity index (χ1) is 9.65. The number of rotatable bonds is 2. The molecule has 1 unspecified atom stereocenters. The molecule has 0 saturated heterocycles. The smallest absolute Gasteiger partial charge is 0.242 e. The molecule has 0 spiro atoms. The molecule has 0 bridgehead atoms. The highest BCUT2D eigenvalue weighted by molar-refractivity contribution is 5.95. The van der Waals surface area contributed by atoms with Crippen LogP contribution in [0.3, 0.4) is 0 Å². The first-order valence-corrected chi connectivity index (χ1v) is 6.14. The van der Waals surface area contributed by atoms with Gasteiger partial charge in [-0.05, 0) is 12.1 Å². The monoisotopic (exact) mass is 278 g/mol. The average Bonchev–Trinajstić information content (AvgIpc) is 2.91. The first kappa shape index (κ1) is 12.7. The molecule has 7 heteroatoms. The van der Waals surface area contributed by atoms with E-state index >= 15 is 0 Å². The zero-order valence-electron chi connectivity index (χ0n) is 10.4. The van der Waals surface area contributed by atoms with Crippen LogP contribution >= 0.6 is 0 Å². The lowest BCUT2D eigenvalue weighted by Crippen LogP contribution is -2.44. The molecule has 2 aromatic rings. The molecule has 1 aliphatic heterocycles. The number of imidazole rings is 1. The molecule has 20 heavy (non-hydrogen) atoms. The highest BCUT2D eigenvalue weighted by atomic mass is 19.2. The second-order valence-electron chi connectivity index (χ2n) is 4.56. The van der Waals surface area contributed by atoms with E-state index in [1.165, 1.54) is 12.1 Å². The van der Waals surface area contributed by atoms with Gasteiger partial charge in [0.1, 0.15) is 0 Å². The quantitative estimate of drug-likeness (QED) is 0.776. The SMILES string of the molecule is O=C(Nc1cccc(F)c1F)C1Cc2nc[nH]c2CN1. The van der Waals surface area contributed by atoms with Crippen LogP contribution in [0.2, 0.25) is 0 Å². The van der Waals surface area contributed by atoms with Gasteiger partial charge in [-0.3, -0.25) is 10.1 Å². The molecule has 0 fully saturated rings. The van der Waals surface area contributed by atoms with Gasteiger partial charge in [0.05, 0.1) is 29.4 Å². The molecule has 5 nitrogen and oxygen atoms in total. The highest BCUT2D eigenvalue weighted by Crippen LogP contribution is 2.18. The molecule has 1 aromatic heterocycles. The van der Waals surface area contributed by atoms with Crippen molar-refractivity contribution in [3.63, 3.8) is 0 Å². The predicted octanol–water partition coefficient (Wildman–Crippen LogP) is 1.34. The van der Waals surface area contributed by atoms with E-state index in [9.17, 15) is 13.6 Å². The summed E-state index contributed by atoms with van der Waals surface area (Å²) in [7, 11) is 0. The number of hydrogen-bond acceptors (Lipinski definition) is 3. The lowest BCUT2D eigenvalue weighted by Gasteiger charge is -2.22. The maximum absolute atomic E-state index is 13.5. The van der Waals surface area contributed by atoms with Gasteiger partial charge in [0.15, 0.2) is 11.6 Å². The van der Waals surface area contributed by atoms with Crippen LogP contribution in [0, 0.1) is 11.6 Å². The number of anilines is 1. The number of carbonyl (C=O) groups is 1. The van der Waals surface area contributed by atoms with Gasteiger partial charge in [-0.2, -0.15) is 0 Å². The molecule has 0 aliphatic carbocycles. The van der Waals surface area contributed by atoms with Crippen molar-refractivity contribution in [1.29, 1.82) is 0 Å². The summed E-state index contributed by atoms with van der Waals surface area (Å²) in [6, 6.07) is 3.14. The van der Waals surface area contributed by atoms with Gasteiger partial charge >= 0.3 is 0 Å². The van der Waals surface area contributed by atoms with Crippen LogP contribution in [-0.4, -0.2) is 21.9 Å². The van der Waals surface area contributed by atoms with Crippen molar-refractivity contribution >= 4 is 11.6 Å². The van der Waals surface area contributed by atoms with Crippen molar-refractivity contribution in [2.24, 2.45) is 0 Å². The number of hydrogen-bond donors (Lipinski definition) is 3. The largest absolute Gasteiger partial charge is 0.347 e. The minimum Gasteiger partial charge on any atom is -0.347 e. The van der Waals surface area contributed by atoms with Crippen LogP contribution in [0.15, 0.2) is 24.5 Å². The van der Waals surface area contributed by atoms with Crippen LogP contribution < -0.4 is 10.6 Å². The van der Waals surface area contributed by atoms with Gasteiger partial charge in [0, 0.05) is 13.0 Å². The van der Waals surface area contributed by atoms with Crippen LogP contribution in [0.25, 0.3) is 0 Å². The van der Waals surface area contributed by atoms with E-state index < -0.39 is 23.6 Å². The van der Waals surface area contributed by atoms with Crippen molar-refractivity contribution < 1.29 is 13.6 Å².